The Balaban J connectivity index is 1.57. The molecule has 6 rings (SSSR count). The van der Waals surface area contributed by atoms with Crippen molar-refractivity contribution in [3.63, 3.8) is 0 Å². The molecule has 3 aliphatic heterocycles. The fraction of sp³-hybridized carbons (Fsp3) is 0.393. The number of benzene rings is 2. The molecule has 3 aromatic rings. The Bertz CT molecular complexity index is 1270. The van der Waals surface area contributed by atoms with Gasteiger partial charge in [-0.05, 0) is 47.9 Å². The van der Waals surface area contributed by atoms with Crippen LogP contribution in [0.15, 0.2) is 55.3 Å². The van der Waals surface area contributed by atoms with Gasteiger partial charge in [0.2, 0.25) is 0 Å². The second-order valence-corrected chi connectivity index (χ2v) is 10.6. The van der Waals surface area contributed by atoms with E-state index in [2.05, 4.69) is 17.6 Å². The van der Waals surface area contributed by atoms with Crippen LogP contribution in [0.5, 0.6) is 11.5 Å². The number of hydrogen-bond donors (Lipinski definition) is 1. The second-order valence-electron chi connectivity index (χ2n) is 9.82. The lowest BCUT2D eigenvalue weighted by molar-refractivity contribution is -0.984. The highest BCUT2D eigenvalue weighted by atomic mass is 35.5. The van der Waals surface area contributed by atoms with Gasteiger partial charge < -0.3 is 19.1 Å². The molecule has 35 heavy (non-hydrogen) atoms. The number of pyridine rings is 1. The lowest BCUT2D eigenvalue weighted by Gasteiger charge is -2.58. The number of methoxy groups -OCH3 is 2. The number of nitrogens with zero attached hydrogens (tertiary/aromatic N) is 2. The highest BCUT2D eigenvalue weighted by Crippen LogP contribution is 2.49. The van der Waals surface area contributed by atoms with E-state index in [0.29, 0.717) is 34.2 Å². The van der Waals surface area contributed by atoms with Crippen molar-refractivity contribution < 1.29 is 19.1 Å². The van der Waals surface area contributed by atoms with E-state index in [1.54, 1.807) is 20.4 Å². The molecule has 1 N–H and O–H groups in total. The van der Waals surface area contributed by atoms with Crippen LogP contribution < -0.4 is 9.47 Å². The van der Waals surface area contributed by atoms with Gasteiger partial charge in [0.05, 0.1) is 37.8 Å². The van der Waals surface area contributed by atoms with Gasteiger partial charge in [-0.1, -0.05) is 29.3 Å². The molecular formula is C28H31Cl2N2O3+. The normalized spacial score (nSPS) is 26.5. The van der Waals surface area contributed by atoms with Crippen molar-refractivity contribution in [2.75, 3.05) is 27.3 Å². The molecule has 3 fully saturated rings. The molecule has 7 heteroatoms. The molecule has 3 saturated heterocycles. The van der Waals surface area contributed by atoms with Gasteiger partial charge in [-0.25, -0.2) is 0 Å². The molecule has 3 unspecified atom stereocenters. The summed E-state index contributed by atoms with van der Waals surface area (Å²) in [5, 5.41) is 13.8. The molecule has 2 aromatic carbocycles. The predicted molar refractivity (Wildman–Crippen MR) is 140 cm³/mol. The number of aromatic nitrogens is 1. The minimum atomic E-state index is -0.659. The first-order valence-corrected chi connectivity index (χ1v) is 12.8. The number of hydrogen-bond acceptors (Lipinski definition) is 4. The van der Waals surface area contributed by atoms with E-state index in [4.69, 9.17) is 32.7 Å². The summed E-state index contributed by atoms with van der Waals surface area (Å²) in [5.74, 6) is 2.24. The topological polar surface area (TPSA) is 51.6 Å². The standard InChI is InChI=1S/C28H31Cl2N2O3/c1-4-17-15-32(16-19-5-8-25(35-3)27(30)26(19)29)12-10-18(17)13-24(32)28(33)21-9-11-31-23-7-6-20(34-2)14-22(21)23/h4-9,11,14,17-18,24,28,33H,1,10,12-13,15-16H2,2-3H3/q+1/t17?,18?,24-,28+,32?/m0/s1. The fourth-order valence-corrected chi connectivity index (χ4v) is 6.79. The zero-order valence-electron chi connectivity index (χ0n) is 20.1. The van der Waals surface area contributed by atoms with Gasteiger partial charge in [0.15, 0.2) is 0 Å². The molecule has 5 nitrogen and oxygen atoms in total. The van der Waals surface area contributed by atoms with Crippen molar-refractivity contribution in [2.24, 2.45) is 11.8 Å². The summed E-state index contributed by atoms with van der Waals surface area (Å²) < 4.78 is 11.6. The Morgan fingerprint density at radius 1 is 1.17 bits per heavy atom. The van der Waals surface area contributed by atoms with Crippen LogP contribution in [0.2, 0.25) is 10.0 Å². The number of halogens is 2. The summed E-state index contributed by atoms with van der Waals surface area (Å²) in [6, 6.07) is 11.6. The van der Waals surface area contributed by atoms with Gasteiger partial charge >= 0.3 is 0 Å². The summed E-state index contributed by atoms with van der Waals surface area (Å²) in [5.41, 5.74) is 2.70. The summed E-state index contributed by atoms with van der Waals surface area (Å²) in [7, 11) is 3.24. The fourth-order valence-electron chi connectivity index (χ4n) is 6.31. The molecule has 184 valence electrons. The van der Waals surface area contributed by atoms with Crippen LogP contribution in [0.1, 0.15) is 30.1 Å². The monoisotopic (exact) mass is 513 g/mol. The Morgan fingerprint density at radius 2 is 2.00 bits per heavy atom. The van der Waals surface area contributed by atoms with Crippen molar-refractivity contribution >= 4 is 34.1 Å². The smallest absolute Gasteiger partial charge is 0.139 e. The van der Waals surface area contributed by atoms with E-state index in [1.807, 2.05) is 36.4 Å². The third kappa shape index (κ3) is 4.19. The van der Waals surface area contributed by atoms with Crippen LogP contribution in [0, 0.1) is 11.8 Å². The number of rotatable bonds is 7. The van der Waals surface area contributed by atoms with Gasteiger partial charge in [0, 0.05) is 35.9 Å². The van der Waals surface area contributed by atoms with E-state index in [1.165, 1.54) is 0 Å². The van der Waals surface area contributed by atoms with Crippen molar-refractivity contribution in [1.82, 2.24) is 4.98 Å². The van der Waals surface area contributed by atoms with Crippen molar-refractivity contribution in [3.8, 4) is 11.5 Å². The molecule has 0 spiro atoms. The van der Waals surface area contributed by atoms with E-state index in [-0.39, 0.29) is 6.04 Å². The number of fused-ring (bicyclic) bond motifs is 4. The molecule has 0 aliphatic carbocycles. The van der Waals surface area contributed by atoms with Gasteiger partial charge in [-0.2, -0.15) is 0 Å². The van der Waals surface area contributed by atoms with Crippen LogP contribution in [-0.2, 0) is 6.54 Å². The number of aliphatic hydroxyl groups excluding tert-OH is 1. The zero-order chi connectivity index (χ0) is 24.7. The maximum atomic E-state index is 11.9. The Morgan fingerprint density at radius 3 is 2.74 bits per heavy atom. The SMILES string of the molecule is C=CC1C[N+]2(Cc3ccc(OC)c(Cl)c3Cl)CCC1C[C@H]2[C@H](O)c1ccnc2ccc(OC)cc12. The van der Waals surface area contributed by atoms with E-state index in [9.17, 15) is 5.11 Å². The molecule has 2 bridgehead atoms. The lowest BCUT2D eigenvalue weighted by Crippen LogP contribution is -2.67. The molecule has 0 radical (unpaired) electrons. The first kappa shape index (κ1) is 24.4. The van der Waals surface area contributed by atoms with Gasteiger partial charge in [-0.15, -0.1) is 6.58 Å². The average Bonchev–Trinajstić information content (AvgIpc) is 2.90. The molecule has 0 saturated carbocycles. The van der Waals surface area contributed by atoms with Crippen LogP contribution in [0.25, 0.3) is 10.9 Å². The number of piperidine rings is 3. The van der Waals surface area contributed by atoms with Gasteiger partial charge in [-0.3, -0.25) is 4.98 Å². The van der Waals surface area contributed by atoms with E-state index < -0.39 is 6.10 Å². The highest BCUT2D eigenvalue weighted by Gasteiger charge is 2.54. The quantitative estimate of drug-likeness (QED) is 0.301. The van der Waals surface area contributed by atoms with Crippen LogP contribution >= 0.6 is 23.2 Å². The number of ether oxygens (including phenoxy) is 2. The molecule has 1 aromatic heterocycles. The largest absolute Gasteiger partial charge is 0.497 e. The van der Waals surface area contributed by atoms with Crippen LogP contribution in [0.4, 0.5) is 0 Å². The highest BCUT2D eigenvalue weighted by molar-refractivity contribution is 6.43. The predicted octanol–water partition coefficient (Wildman–Crippen LogP) is 6.20. The van der Waals surface area contributed by atoms with Gasteiger partial charge in [0.1, 0.15) is 35.2 Å². The Hall–Kier alpha value is -2.31. The third-order valence-electron chi connectivity index (χ3n) is 8.17. The van der Waals surface area contributed by atoms with Crippen molar-refractivity contribution in [3.05, 3.63) is 76.4 Å². The first-order valence-electron chi connectivity index (χ1n) is 12.0. The van der Waals surface area contributed by atoms with Gasteiger partial charge in [0.25, 0.3) is 0 Å². The summed E-state index contributed by atoms with van der Waals surface area (Å²) in [4.78, 5) is 4.51. The molecule has 0 amide bonds. The van der Waals surface area contributed by atoms with E-state index in [0.717, 1.165) is 58.2 Å². The molecular weight excluding hydrogens is 483 g/mol. The Labute approximate surface area is 216 Å². The lowest BCUT2D eigenvalue weighted by atomic mass is 9.71. The van der Waals surface area contributed by atoms with E-state index >= 15 is 0 Å². The minimum absolute atomic E-state index is 0.0127. The maximum absolute atomic E-state index is 11.9. The molecule has 5 atom stereocenters. The second kappa shape index (κ2) is 9.62. The number of aliphatic hydroxyl groups is 1. The summed E-state index contributed by atoms with van der Waals surface area (Å²) >= 11 is 13.2. The van der Waals surface area contributed by atoms with Crippen LogP contribution in [-0.4, -0.2) is 47.9 Å². The van der Waals surface area contributed by atoms with Crippen LogP contribution in [0.3, 0.4) is 0 Å². The maximum Gasteiger partial charge on any atom is 0.139 e. The minimum Gasteiger partial charge on any atom is -0.497 e. The zero-order valence-corrected chi connectivity index (χ0v) is 21.6. The third-order valence-corrected chi connectivity index (χ3v) is 9.08. The van der Waals surface area contributed by atoms with Crippen molar-refractivity contribution in [1.29, 1.82) is 0 Å². The number of quaternary nitrogens is 1. The molecule has 4 heterocycles. The first-order chi connectivity index (χ1) is 16.9. The summed E-state index contributed by atoms with van der Waals surface area (Å²) in [6.45, 7) is 6.71. The summed E-state index contributed by atoms with van der Waals surface area (Å²) in [6.07, 6.45) is 5.24. The van der Waals surface area contributed by atoms with Crippen molar-refractivity contribution in [2.45, 2.75) is 31.5 Å². The average molecular weight is 514 g/mol. The molecule has 3 aliphatic rings. The Kier molecular flexibility index (Phi) is 6.71.